The van der Waals surface area contributed by atoms with Crippen LogP contribution in [0.5, 0.6) is 5.75 Å². The Labute approximate surface area is 110 Å². The number of aliphatic hydroxyl groups excluding tert-OH is 1. The number of carbonyl (C=O) groups is 1. The van der Waals surface area contributed by atoms with E-state index in [1.807, 2.05) is 0 Å². The lowest BCUT2D eigenvalue weighted by molar-refractivity contribution is -0.385. The van der Waals surface area contributed by atoms with E-state index in [0.29, 0.717) is 0 Å². The Bertz CT molecular complexity index is 487. The second kappa shape index (κ2) is 6.14. The number of nitro benzene ring substituents is 1. The first kappa shape index (κ1) is 14.9. The Kier molecular flexibility index (Phi) is 4.82. The number of carbonyl (C=O) groups excluding carboxylic acids is 1. The minimum Gasteiger partial charge on any atom is -0.496 e. The van der Waals surface area contributed by atoms with Crippen molar-refractivity contribution in [2.24, 2.45) is 0 Å². The molecule has 0 fully saturated rings. The second-order valence-corrected chi connectivity index (χ2v) is 4.15. The third-order valence-corrected chi connectivity index (χ3v) is 2.52. The summed E-state index contributed by atoms with van der Waals surface area (Å²) in [5.74, 6) is -0.429. The first-order chi connectivity index (χ1) is 8.88. The Hall–Kier alpha value is -2.15. The molecule has 0 aliphatic carbocycles. The van der Waals surface area contributed by atoms with Gasteiger partial charge in [0, 0.05) is 19.7 Å². The summed E-state index contributed by atoms with van der Waals surface area (Å²) in [6, 6.07) is 4.17. The molecule has 7 heteroatoms. The zero-order valence-corrected chi connectivity index (χ0v) is 11.0. The van der Waals surface area contributed by atoms with Gasteiger partial charge in [-0.25, -0.2) is 0 Å². The Morgan fingerprint density at radius 3 is 2.68 bits per heavy atom. The number of amides is 1. The number of hydrogen-bond acceptors (Lipinski definition) is 5. The van der Waals surface area contributed by atoms with Gasteiger partial charge in [0.05, 0.1) is 18.1 Å². The minimum absolute atomic E-state index is 0.0774. The van der Waals surface area contributed by atoms with E-state index in [2.05, 4.69) is 0 Å². The first-order valence-corrected chi connectivity index (χ1v) is 5.63. The molecule has 19 heavy (non-hydrogen) atoms. The predicted molar refractivity (Wildman–Crippen MR) is 68.3 cm³/mol. The quantitative estimate of drug-likeness (QED) is 0.636. The molecule has 0 bridgehead atoms. The summed E-state index contributed by atoms with van der Waals surface area (Å²) in [5.41, 5.74) is -0.431. The van der Waals surface area contributed by atoms with Crippen LogP contribution in [0.15, 0.2) is 18.2 Å². The van der Waals surface area contributed by atoms with E-state index >= 15 is 0 Å². The highest BCUT2D eigenvalue weighted by Gasteiger charge is 2.27. The molecule has 0 saturated carbocycles. The first-order valence-electron chi connectivity index (χ1n) is 5.63. The van der Waals surface area contributed by atoms with Crippen LogP contribution in [0.3, 0.4) is 0 Å². The Morgan fingerprint density at radius 1 is 1.58 bits per heavy atom. The molecule has 1 unspecified atom stereocenters. The van der Waals surface area contributed by atoms with Crippen molar-refractivity contribution in [1.82, 2.24) is 4.90 Å². The molecular formula is C12H16N2O5. The van der Waals surface area contributed by atoms with E-state index in [4.69, 9.17) is 4.74 Å². The lowest BCUT2D eigenvalue weighted by Crippen LogP contribution is -2.33. The molecule has 1 aromatic carbocycles. The van der Waals surface area contributed by atoms with Crippen LogP contribution in [-0.2, 0) is 0 Å². The number of likely N-dealkylation sites (N-methyl/N-ethyl adjacent to an activating group) is 1. The summed E-state index contributed by atoms with van der Waals surface area (Å²) in [7, 11) is 2.80. The van der Waals surface area contributed by atoms with Gasteiger partial charge in [-0.2, -0.15) is 0 Å². The average Bonchev–Trinajstić information content (AvgIpc) is 2.35. The van der Waals surface area contributed by atoms with E-state index in [-0.39, 0.29) is 23.5 Å². The number of rotatable bonds is 5. The number of ether oxygens (including phenoxy) is 1. The summed E-state index contributed by atoms with van der Waals surface area (Å²) in [5, 5.41) is 20.2. The molecule has 1 amide bonds. The van der Waals surface area contributed by atoms with Crippen LogP contribution >= 0.6 is 0 Å². The van der Waals surface area contributed by atoms with Crippen molar-refractivity contribution in [1.29, 1.82) is 0 Å². The predicted octanol–water partition coefficient (Wildman–Crippen LogP) is 1.06. The fourth-order valence-corrected chi connectivity index (χ4v) is 1.73. The number of nitro groups is 1. The topological polar surface area (TPSA) is 92.9 Å². The van der Waals surface area contributed by atoms with Crippen LogP contribution in [0.1, 0.15) is 17.3 Å². The van der Waals surface area contributed by atoms with Gasteiger partial charge in [0.2, 0.25) is 0 Å². The summed E-state index contributed by atoms with van der Waals surface area (Å²) in [4.78, 5) is 23.8. The second-order valence-electron chi connectivity index (χ2n) is 4.15. The van der Waals surface area contributed by atoms with Gasteiger partial charge in [-0.1, -0.05) is 6.07 Å². The average molecular weight is 268 g/mol. The monoisotopic (exact) mass is 268 g/mol. The summed E-state index contributed by atoms with van der Waals surface area (Å²) in [6.45, 7) is 1.61. The van der Waals surface area contributed by atoms with Crippen molar-refractivity contribution in [2.75, 3.05) is 20.7 Å². The molecule has 7 nitrogen and oxygen atoms in total. The third kappa shape index (κ3) is 3.41. The van der Waals surface area contributed by atoms with Crippen molar-refractivity contribution in [3.63, 3.8) is 0 Å². The molecule has 0 aliphatic rings. The largest absolute Gasteiger partial charge is 0.496 e. The molecule has 0 radical (unpaired) electrons. The maximum atomic E-state index is 12.2. The third-order valence-electron chi connectivity index (χ3n) is 2.52. The molecule has 0 aliphatic heterocycles. The lowest BCUT2D eigenvalue weighted by Gasteiger charge is -2.19. The highest BCUT2D eigenvalue weighted by atomic mass is 16.6. The van der Waals surface area contributed by atoms with Crippen molar-refractivity contribution >= 4 is 11.6 Å². The number of benzene rings is 1. The van der Waals surface area contributed by atoms with Gasteiger partial charge in [0.1, 0.15) is 5.75 Å². The fourth-order valence-electron chi connectivity index (χ4n) is 1.73. The molecule has 104 valence electrons. The van der Waals surface area contributed by atoms with Crippen molar-refractivity contribution < 1.29 is 19.6 Å². The molecule has 1 rings (SSSR count). The minimum atomic E-state index is -0.720. The summed E-state index contributed by atoms with van der Waals surface area (Å²) >= 11 is 0. The molecule has 1 aromatic rings. The highest BCUT2D eigenvalue weighted by molar-refractivity contribution is 6.00. The highest BCUT2D eigenvalue weighted by Crippen LogP contribution is 2.29. The lowest BCUT2D eigenvalue weighted by atomic mass is 10.1. The van der Waals surface area contributed by atoms with Gasteiger partial charge in [-0.15, -0.1) is 0 Å². The van der Waals surface area contributed by atoms with E-state index in [0.717, 1.165) is 0 Å². The maximum Gasteiger partial charge on any atom is 0.285 e. The van der Waals surface area contributed by atoms with Crippen LogP contribution in [0.4, 0.5) is 5.69 Å². The Morgan fingerprint density at radius 2 is 2.21 bits per heavy atom. The van der Waals surface area contributed by atoms with E-state index in [1.54, 1.807) is 0 Å². The molecular weight excluding hydrogens is 252 g/mol. The molecule has 0 spiro atoms. The molecule has 0 aromatic heterocycles. The molecule has 1 N–H and O–H groups in total. The molecule has 0 saturated heterocycles. The van der Waals surface area contributed by atoms with Crippen LogP contribution < -0.4 is 4.74 Å². The molecule has 0 heterocycles. The smallest absolute Gasteiger partial charge is 0.285 e. The van der Waals surface area contributed by atoms with Crippen LogP contribution in [-0.4, -0.2) is 47.6 Å². The summed E-state index contributed by atoms with van der Waals surface area (Å²) in [6.07, 6.45) is -0.720. The Balaban J connectivity index is 3.23. The number of methoxy groups -OCH3 is 1. The number of hydrogen-bond donors (Lipinski definition) is 1. The molecule has 1 atom stereocenters. The van der Waals surface area contributed by atoms with E-state index in [1.165, 1.54) is 44.2 Å². The maximum absolute atomic E-state index is 12.2. The standard InChI is InChI=1S/C12H16N2O5/c1-8(15)7-13(2)12(16)11-9(14(17)18)5-4-6-10(11)19-3/h4-6,8,15H,7H2,1-3H3. The van der Waals surface area contributed by atoms with Gasteiger partial charge in [-0.3, -0.25) is 14.9 Å². The van der Waals surface area contributed by atoms with Gasteiger partial charge in [0.15, 0.2) is 5.56 Å². The number of aliphatic hydroxyl groups is 1. The summed E-state index contributed by atoms with van der Waals surface area (Å²) < 4.78 is 5.00. The number of nitrogens with zero attached hydrogens (tertiary/aromatic N) is 2. The fraction of sp³-hybridized carbons (Fsp3) is 0.417. The van der Waals surface area contributed by atoms with Crippen LogP contribution in [0.2, 0.25) is 0 Å². The van der Waals surface area contributed by atoms with E-state index < -0.39 is 16.9 Å². The zero-order valence-electron chi connectivity index (χ0n) is 11.0. The van der Waals surface area contributed by atoms with Gasteiger partial charge >= 0.3 is 0 Å². The van der Waals surface area contributed by atoms with Gasteiger partial charge < -0.3 is 14.7 Å². The van der Waals surface area contributed by atoms with E-state index in [9.17, 15) is 20.0 Å². The van der Waals surface area contributed by atoms with Gasteiger partial charge in [-0.05, 0) is 13.0 Å². The van der Waals surface area contributed by atoms with Crippen molar-refractivity contribution in [2.45, 2.75) is 13.0 Å². The van der Waals surface area contributed by atoms with Crippen LogP contribution in [0.25, 0.3) is 0 Å². The van der Waals surface area contributed by atoms with Crippen LogP contribution in [0, 0.1) is 10.1 Å². The SMILES string of the molecule is COc1cccc([N+](=O)[O-])c1C(=O)N(C)CC(C)O. The van der Waals surface area contributed by atoms with Crippen molar-refractivity contribution in [3.8, 4) is 5.75 Å². The zero-order chi connectivity index (χ0) is 14.6. The van der Waals surface area contributed by atoms with Crippen molar-refractivity contribution in [3.05, 3.63) is 33.9 Å². The normalized spacial score (nSPS) is 11.8. The van der Waals surface area contributed by atoms with Gasteiger partial charge in [0.25, 0.3) is 11.6 Å².